The lowest BCUT2D eigenvalue weighted by Gasteiger charge is -2.08. The number of carbonyl (C=O) groups is 1. The van der Waals surface area contributed by atoms with E-state index in [9.17, 15) is 13.2 Å². The Morgan fingerprint density at radius 1 is 1.11 bits per heavy atom. The number of sulfonamides is 1. The molecule has 28 heavy (non-hydrogen) atoms. The summed E-state index contributed by atoms with van der Waals surface area (Å²) < 4.78 is 26.1. The van der Waals surface area contributed by atoms with Crippen LogP contribution >= 0.6 is 22.9 Å². The van der Waals surface area contributed by atoms with Gasteiger partial charge >= 0.3 is 0 Å². The van der Waals surface area contributed by atoms with Gasteiger partial charge in [-0.15, -0.1) is 11.3 Å². The maximum Gasteiger partial charge on any atom is 0.259 e. The SMILES string of the molecule is CNS(=O)(=O)c1ccc(Cl)c(C(=O)Nc2nc(-c3ccc(C)c(C)c3)cs2)c1. The Hall–Kier alpha value is -2.26. The molecule has 0 aliphatic heterocycles. The Morgan fingerprint density at radius 3 is 2.54 bits per heavy atom. The van der Waals surface area contributed by atoms with E-state index in [1.54, 1.807) is 0 Å². The number of halogens is 1. The Bertz CT molecular complexity index is 1160. The minimum Gasteiger partial charge on any atom is -0.298 e. The Balaban J connectivity index is 1.85. The van der Waals surface area contributed by atoms with Crippen molar-refractivity contribution >= 4 is 44.0 Å². The third-order valence-electron chi connectivity index (χ3n) is 4.29. The number of hydrogen-bond acceptors (Lipinski definition) is 5. The number of amides is 1. The van der Waals surface area contributed by atoms with E-state index in [0.29, 0.717) is 5.13 Å². The lowest BCUT2D eigenvalue weighted by molar-refractivity contribution is 0.102. The predicted octanol–water partition coefficient (Wildman–Crippen LogP) is 4.24. The average Bonchev–Trinajstić information content (AvgIpc) is 3.12. The van der Waals surface area contributed by atoms with Crippen molar-refractivity contribution in [2.45, 2.75) is 18.7 Å². The molecule has 0 saturated heterocycles. The van der Waals surface area contributed by atoms with Crippen LogP contribution in [0, 0.1) is 13.8 Å². The number of anilines is 1. The van der Waals surface area contributed by atoms with Crippen LogP contribution in [0.3, 0.4) is 0 Å². The number of hydrogen-bond donors (Lipinski definition) is 2. The molecule has 0 atom stereocenters. The molecule has 0 radical (unpaired) electrons. The van der Waals surface area contributed by atoms with Crippen molar-refractivity contribution in [3.05, 3.63) is 63.5 Å². The van der Waals surface area contributed by atoms with Gasteiger partial charge in [0.15, 0.2) is 5.13 Å². The van der Waals surface area contributed by atoms with Crippen molar-refractivity contribution in [2.75, 3.05) is 12.4 Å². The van der Waals surface area contributed by atoms with E-state index in [-0.39, 0.29) is 15.5 Å². The number of carbonyl (C=O) groups excluding carboxylic acids is 1. The lowest BCUT2D eigenvalue weighted by atomic mass is 10.1. The van der Waals surface area contributed by atoms with Gasteiger partial charge in [-0.1, -0.05) is 23.7 Å². The van der Waals surface area contributed by atoms with Crippen LogP contribution in [0.5, 0.6) is 0 Å². The fourth-order valence-electron chi connectivity index (χ4n) is 2.49. The maximum absolute atomic E-state index is 12.6. The predicted molar refractivity (Wildman–Crippen MR) is 113 cm³/mol. The summed E-state index contributed by atoms with van der Waals surface area (Å²) in [6.45, 7) is 4.07. The van der Waals surface area contributed by atoms with Crippen molar-refractivity contribution in [1.82, 2.24) is 9.71 Å². The largest absolute Gasteiger partial charge is 0.298 e. The van der Waals surface area contributed by atoms with E-state index in [1.165, 1.54) is 42.1 Å². The van der Waals surface area contributed by atoms with Crippen molar-refractivity contribution in [3.63, 3.8) is 0 Å². The molecule has 0 saturated carbocycles. The Morgan fingerprint density at radius 2 is 1.86 bits per heavy atom. The highest BCUT2D eigenvalue weighted by Gasteiger charge is 2.18. The molecule has 1 amide bonds. The monoisotopic (exact) mass is 435 g/mol. The third-order valence-corrected chi connectivity index (χ3v) is 6.79. The van der Waals surface area contributed by atoms with Crippen LogP contribution in [-0.2, 0) is 10.0 Å². The first kappa shape index (κ1) is 20.5. The molecule has 3 aromatic rings. The van der Waals surface area contributed by atoms with Crippen molar-refractivity contribution < 1.29 is 13.2 Å². The van der Waals surface area contributed by atoms with Crippen molar-refractivity contribution in [3.8, 4) is 11.3 Å². The first-order valence-corrected chi connectivity index (χ1v) is 11.0. The van der Waals surface area contributed by atoms with Gasteiger partial charge in [-0.25, -0.2) is 18.1 Å². The van der Waals surface area contributed by atoms with Gasteiger partial charge < -0.3 is 0 Å². The summed E-state index contributed by atoms with van der Waals surface area (Å²) in [5, 5.41) is 5.08. The number of rotatable bonds is 5. The number of aromatic nitrogens is 1. The van der Waals surface area contributed by atoms with E-state index in [2.05, 4.69) is 15.0 Å². The van der Waals surface area contributed by atoms with E-state index in [1.807, 2.05) is 37.4 Å². The van der Waals surface area contributed by atoms with Gasteiger partial charge in [0.25, 0.3) is 5.91 Å². The van der Waals surface area contributed by atoms with Crippen LogP contribution in [0.1, 0.15) is 21.5 Å². The first-order valence-electron chi connectivity index (χ1n) is 8.29. The minimum atomic E-state index is -3.69. The molecule has 0 aliphatic rings. The summed E-state index contributed by atoms with van der Waals surface area (Å²) in [5.74, 6) is -0.529. The first-order chi connectivity index (χ1) is 13.2. The Kier molecular flexibility index (Phi) is 5.85. The van der Waals surface area contributed by atoms with Gasteiger partial charge in [0.2, 0.25) is 10.0 Å². The number of nitrogens with zero attached hydrogens (tertiary/aromatic N) is 1. The molecule has 0 spiro atoms. The quantitative estimate of drug-likeness (QED) is 0.627. The van der Waals surface area contributed by atoms with Crippen LogP contribution in [0.4, 0.5) is 5.13 Å². The van der Waals surface area contributed by atoms with Crippen LogP contribution in [0.15, 0.2) is 46.7 Å². The summed E-state index contributed by atoms with van der Waals surface area (Å²) in [6.07, 6.45) is 0. The second-order valence-corrected chi connectivity index (χ2v) is 9.29. The van der Waals surface area contributed by atoms with E-state index in [0.717, 1.165) is 16.8 Å². The molecule has 0 unspecified atom stereocenters. The second kappa shape index (κ2) is 8.00. The fraction of sp³-hybridized carbons (Fsp3) is 0.158. The number of nitrogens with one attached hydrogen (secondary N) is 2. The maximum atomic E-state index is 12.6. The molecular formula is C19H18ClN3O3S2. The molecule has 1 heterocycles. The lowest BCUT2D eigenvalue weighted by Crippen LogP contribution is -2.20. The van der Waals surface area contributed by atoms with E-state index >= 15 is 0 Å². The number of thiazole rings is 1. The molecule has 3 rings (SSSR count). The van der Waals surface area contributed by atoms with Gasteiger partial charge in [0.1, 0.15) is 0 Å². The molecule has 146 valence electrons. The molecule has 2 aromatic carbocycles. The summed E-state index contributed by atoms with van der Waals surface area (Å²) >= 11 is 7.37. The molecule has 2 N–H and O–H groups in total. The summed E-state index contributed by atoms with van der Waals surface area (Å²) in [6, 6.07) is 10.00. The zero-order valence-corrected chi connectivity index (χ0v) is 17.8. The summed E-state index contributed by atoms with van der Waals surface area (Å²) in [5.41, 5.74) is 4.12. The highest BCUT2D eigenvalue weighted by molar-refractivity contribution is 7.89. The topological polar surface area (TPSA) is 88.2 Å². The van der Waals surface area contributed by atoms with Gasteiger partial charge in [-0.05, 0) is 56.3 Å². The molecule has 6 nitrogen and oxygen atoms in total. The van der Waals surface area contributed by atoms with E-state index in [4.69, 9.17) is 11.6 Å². The number of benzene rings is 2. The average molecular weight is 436 g/mol. The fourth-order valence-corrected chi connectivity index (χ4v) is 4.17. The zero-order valence-electron chi connectivity index (χ0n) is 15.4. The molecular weight excluding hydrogens is 418 g/mol. The second-order valence-electron chi connectivity index (χ2n) is 6.14. The van der Waals surface area contributed by atoms with Crippen molar-refractivity contribution in [2.24, 2.45) is 0 Å². The number of aryl methyl sites for hydroxylation is 2. The standard InChI is InChI=1S/C19H18ClN3O3S2/c1-11-4-5-13(8-12(11)2)17-10-27-19(22-17)23-18(24)15-9-14(6-7-16(15)20)28(25,26)21-3/h4-10,21H,1-3H3,(H,22,23,24). The highest BCUT2D eigenvalue weighted by Crippen LogP contribution is 2.28. The Labute approximate surface area is 172 Å². The molecule has 1 aromatic heterocycles. The van der Waals surface area contributed by atoms with Crippen LogP contribution in [-0.4, -0.2) is 26.4 Å². The summed E-state index contributed by atoms with van der Waals surface area (Å²) in [4.78, 5) is 17.0. The third kappa shape index (κ3) is 4.25. The van der Waals surface area contributed by atoms with Crippen LogP contribution < -0.4 is 10.0 Å². The zero-order chi connectivity index (χ0) is 20.5. The van der Waals surface area contributed by atoms with Crippen LogP contribution in [0.25, 0.3) is 11.3 Å². The van der Waals surface area contributed by atoms with Crippen LogP contribution in [0.2, 0.25) is 5.02 Å². The molecule has 0 fully saturated rings. The highest BCUT2D eigenvalue weighted by atomic mass is 35.5. The molecule has 0 aliphatic carbocycles. The van der Waals surface area contributed by atoms with Gasteiger partial charge in [-0.2, -0.15) is 0 Å². The van der Waals surface area contributed by atoms with E-state index < -0.39 is 15.9 Å². The molecule has 0 bridgehead atoms. The van der Waals surface area contributed by atoms with Gasteiger partial charge in [-0.3, -0.25) is 10.1 Å². The smallest absolute Gasteiger partial charge is 0.259 e. The van der Waals surface area contributed by atoms with Crippen molar-refractivity contribution in [1.29, 1.82) is 0 Å². The normalized spacial score (nSPS) is 11.4. The summed E-state index contributed by atoms with van der Waals surface area (Å²) in [7, 11) is -2.39. The molecule has 9 heteroatoms. The minimum absolute atomic E-state index is 0.0421. The van der Waals surface area contributed by atoms with Gasteiger partial charge in [0.05, 0.1) is 21.2 Å². The van der Waals surface area contributed by atoms with Gasteiger partial charge in [0, 0.05) is 10.9 Å².